The third-order valence-electron chi connectivity index (χ3n) is 4.92. The lowest BCUT2D eigenvalue weighted by molar-refractivity contribution is -0.180. The summed E-state index contributed by atoms with van der Waals surface area (Å²) in [6.45, 7) is 10.4. The molecule has 0 bridgehead atoms. The van der Waals surface area contributed by atoms with Gasteiger partial charge in [0.25, 0.3) is 5.91 Å². The third kappa shape index (κ3) is 3.33. The average Bonchev–Trinajstić information content (AvgIpc) is 3.08. The van der Waals surface area contributed by atoms with Gasteiger partial charge in [-0.2, -0.15) is 0 Å². The van der Waals surface area contributed by atoms with E-state index < -0.39 is 14.0 Å². The highest BCUT2D eigenvalue weighted by molar-refractivity contribution is 6.78. The Morgan fingerprint density at radius 3 is 2.17 bits per heavy atom. The lowest BCUT2D eigenvalue weighted by atomic mass is 10.1. The smallest absolute Gasteiger partial charge is 0.270 e. The molecule has 1 fully saturated rings. The Balaban J connectivity index is 0.000000260. The number of hydrogen-bond acceptors (Lipinski definition) is 3. The Morgan fingerprint density at radius 2 is 1.91 bits per heavy atom. The van der Waals surface area contributed by atoms with E-state index in [1.165, 1.54) is 25.2 Å². The minimum absolute atomic E-state index is 0.111. The maximum absolute atomic E-state index is 12.2. The van der Waals surface area contributed by atoms with E-state index in [9.17, 15) is 9.59 Å². The van der Waals surface area contributed by atoms with Crippen LogP contribution in [0.15, 0.2) is 24.3 Å². The van der Waals surface area contributed by atoms with E-state index in [4.69, 9.17) is 4.74 Å². The summed E-state index contributed by atoms with van der Waals surface area (Å²) in [5, 5.41) is 2.60. The minimum atomic E-state index is -1.76. The Bertz CT molecular complexity index is 613. The Morgan fingerprint density at radius 1 is 1.35 bits per heavy atom. The van der Waals surface area contributed by atoms with Crippen LogP contribution < -0.4 is 5.32 Å². The van der Waals surface area contributed by atoms with Crippen LogP contribution in [0, 0.1) is 0 Å². The number of β-lactam (4-membered cyclic amide) rings is 1. The molecule has 6 heteroatoms. The molecule has 0 aromatic heterocycles. The van der Waals surface area contributed by atoms with E-state index in [-0.39, 0.29) is 11.8 Å². The molecule has 1 saturated heterocycles. The van der Waals surface area contributed by atoms with E-state index in [0.717, 1.165) is 0 Å². The Kier molecular flexibility index (Phi) is 4.68. The third-order valence-corrected chi connectivity index (χ3v) is 9.50. The molecule has 1 N–H and O–H groups in total. The molecule has 0 aromatic rings. The van der Waals surface area contributed by atoms with Gasteiger partial charge in [0.05, 0.1) is 6.54 Å². The average molecular weight is 334 g/mol. The fourth-order valence-electron chi connectivity index (χ4n) is 2.52. The molecule has 5 nitrogen and oxygen atoms in total. The summed E-state index contributed by atoms with van der Waals surface area (Å²) in [7, 11) is -0.310. The number of benzene rings is 1. The van der Waals surface area contributed by atoms with Crippen molar-refractivity contribution in [3.8, 4) is 11.1 Å². The molecule has 126 valence electrons. The minimum Gasteiger partial charge on any atom is -0.360 e. The molecule has 23 heavy (non-hydrogen) atoms. The summed E-state index contributed by atoms with van der Waals surface area (Å²) >= 11 is 0. The second-order valence-corrected chi connectivity index (χ2v) is 12.0. The summed E-state index contributed by atoms with van der Waals surface area (Å²) in [4.78, 5) is 23.3. The van der Waals surface area contributed by atoms with Crippen LogP contribution in [0.2, 0.25) is 18.6 Å². The second-order valence-electron chi connectivity index (χ2n) is 6.99. The van der Waals surface area contributed by atoms with Crippen LogP contribution >= 0.6 is 0 Å². The largest absolute Gasteiger partial charge is 0.360 e. The molecule has 2 amide bonds. The fraction of sp³-hybridized carbons (Fsp3) is 0.529. The zero-order chi connectivity index (χ0) is 17.4. The van der Waals surface area contributed by atoms with Crippen LogP contribution in [0.4, 0.5) is 0 Å². The van der Waals surface area contributed by atoms with Gasteiger partial charge in [-0.3, -0.25) is 9.59 Å². The van der Waals surface area contributed by atoms with Gasteiger partial charge in [-0.05, 0) is 22.7 Å². The number of methoxy groups -OCH3 is 1. The monoisotopic (exact) mass is 334 g/mol. The fourth-order valence-corrected chi connectivity index (χ4v) is 4.48. The zero-order valence-electron chi connectivity index (χ0n) is 14.8. The van der Waals surface area contributed by atoms with Crippen LogP contribution in [-0.4, -0.2) is 44.0 Å². The standard InChI is InChI=1S/C11H22N2O3Si.C6H4/c1-8(2)17(5,6)13-7-11(16-4,10(13)15)12-9(3)14;1-2-5-4-6(5)3-1/h8H,7H2,1-6H3,(H,12,14);1-4H. The zero-order valence-corrected chi connectivity index (χ0v) is 15.8. The first-order valence-electron chi connectivity index (χ1n) is 7.90. The van der Waals surface area contributed by atoms with E-state index in [1.54, 1.807) is 0 Å². The summed E-state index contributed by atoms with van der Waals surface area (Å²) in [6.07, 6.45) is 0. The topological polar surface area (TPSA) is 58.6 Å². The van der Waals surface area contributed by atoms with E-state index >= 15 is 0 Å². The van der Waals surface area contributed by atoms with Crippen molar-refractivity contribution in [1.82, 2.24) is 9.88 Å². The van der Waals surface area contributed by atoms with E-state index in [1.807, 2.05) is 4.57 Å². The highest BCUT2D eigenvalue weighted by Gasteiger charge is 2.58. The van der Waals surface area contributed by atoms with Crippen molar-refractivity contribution in [2.45, 2.75) is 45.1 Å². The molecule has 0 spiro atoms. The first kappa shape index (κ1) is 17.7. The number of amides is 2. The van der Waals surface area contributed by atoms with Crippen molar-refractivity contribution >= 4 is 20.0 Å². The molecule has 0 radical (unpaired) electrons. The van der Waals surface area contributed by atoms with Crippen molar-refractivity contribution in [3.05, 3.63) is 24.3 Å². The predicted octanol–water partition coefficient (Wildman–Crippen LogP) is 2.59. The number of fused-ring (bicyclic) bond motifs is 1. The molecule has 0 saturated carbocycles. The normalized spacial score (nSPS) is 21.3. The van der Waals surface area contributed by atoms with Gasteiger partial charge in [-0.25, -0.2) is 0 Å². The quantitative estimate of drug-likeness (QED) is 0.531. The first-order chi connectivity index (χ1) is 10.6. The number of carbonyl (C=O) groups excluding carboxylic acids is 2. The molecule has 3 aliphatic rings. The van der Waals surface area contributed by atoms with Gasteiger partial charge in [-0.15, -0.1) is 0 Å². The summed E-state index contributed by atoms with van der Waals surface area (Å²) in [5.74, 6) is -0.357. The Hall–Kier alpha value is -1.66. The predicted molar refractivity (Wildman–Crippen MR) is 93.3 cm³/mol. The molecule has 1 heterocycles. The molecule has 1 aliphatic heterocycles. The number of nitrogens with one attached hydrogen (secondary N) is 1. The van der Waals surface area contributed by atoms with Crippen molar-refractivity contribution in [2.24, 2.45) is 0 Å². The summed E-state index contributed by atoms with van der Waals surface area (Å²) in [6, 6.07) is 8.48. The van der Waals surface area contributed by atoms with Crippen LogP contribution in [0.5, 0.6) is 0 Å². The maximum atomic E-state index is 12.2. The molecule has 1 atom stereocenters. The Labute approximate surface area is 139 Å². The molecular formula is C17H26N2O3Si. The second kappa shape index (κ2) is 6.09. The van der Waals surface area contributed by atoms with Crippen LogP contribution in [0.1, 0.15) is 20.8 Å². The van der Waals surface area contributed by atoms with Gasteiger partial charge in [0.1, 0.15) is 0 Å². The number of nitrogens with zero attached hydrogens (tertiary/aromatic N) is 1. The van der Waals surface area contributed by atoms with Gasteiger partial charge >= 0.3 is 0 Å². The van der Waals surface area contributed by atoms with Gasteiger partial charge < -0.3 is 14.6 Å². The van der Waals surface area contributed by atoms with Crippen LogP contribution in [0.25, 0.3) is 11.1 Å². The van der Waals surface area contributed by atoms with Gasteiger partial charge in [-0.1, -0.05) is 45.1 Å². The van der Waals surface area contributed by atoms with Crippen LogP contribution in [0.3, 0.4) is 0 Å². The van der Waals surface area contributed by atoms with E-state index in [0.29, 0.717) is 12.1 Å². The molecule has 0 aromatic carbocycles. The number of rotatable bonds is 4. The highest BCUT2D eigenvalue weighted by Crippen LogP contribution is 2.35. The van der Waals surface area contributed by atoms with Crippen molar-refractivity contribution in [1.29, 1.82) is 0 Å². The molecule has 2 aliphatic carbocycles. The summed E-state index contributed by atoms with van der Waals surface area (Å²) in [5.41, 5.74) is 2.20. The number of hydrogen-bond donors (Lipinski definition) is 1. The highest BCUT2D eigenvalue weighted by atomic mass is 28.3. The van der Waals surface area contributed by atoms with Crippen molar-refractivity contribution in [2.75, 3.05) is 13.7 Å². The first-order valence-corrected chi connectivity index (χ1v) is 10.9. The molecule has 3 rings (SSSR count). The summed E-state index contributed by atoms with van der Waals surface area (Å²) < 4.78 is 7.09. The lowest BCUT2D eigenvalue weighted by Gasteiger charge is -2.54. The van der Waals surface area contributed by atoms with E-state index in [2.05, 4.69) is 56.5 Å². The number of carbonyl (C=O) groups is 2. The van der Waals surface area contributed by atoms with Gasteiger partial charge in [0.15, 0.2) is 8.24 Å². The van der Waals surface area contributed by atoms with Crippen molar-refractivity contribution in [3.63, 3.8) is 0 Å². The maximum Gasteiger partial charge on any atom is 0.270 e. The molecule has 1 unspecified atom stereocenters. The van der Waals surface area contributed by atoms with Crippen molar-refractivity contribution < 1.29 is 14.3 Å². The number of ether oxygens (including phenoxy) is 1. The van der Waals surface area contributed by atoms with Crippen LogP contribution in [-0.2, 0) is 14.3 Å². The molecular weight excluding hydrogens is 308 g/mol. The van der Waals surface area contributed by atoms with Gasteiger partial charge in [0.2, 0.25) is 11.6 Å². The lowest BCUT2D eigenvalue weighted by Crippen LogP contribution is -2.80. The SMILES string of the molecule is COC1(NC(C)=O)CN([Si](C)(C)C(C)C)C1=O.c1cc2cc-2c1. The van der Waals surface area contributed by atoms with Gasteiger partial charge in [0, 0.05) is 14.0 Å².